The van der Waals surface area contributed by atoms with Gasteiger partial charge in [0.05, 0.1) is 12.2 Å². The number of halogens is 1. The van der Waals surface area contributed by atoms with Crippen molar-refractivity contribution in [1.29, 1.82) is 0 Å². The lowest BCUT2D eigenvalue weighted by molar-refractivity contribution is 0.0333. The maximum atomic E-state index is 12.6. The van der Waals surface area contributed by atoms with E-state index in [2.05, 4.69) is 20.9 Å². The molecule has 1 aromatic carbocycles. The van der Waals surface area contributed by atoms with E-state index in [0.717, 1.165) is 53.7 Å². The van der Waals surface area contributed by atoms with Crippen LogP contribution in [0.15, 0.2) is 28.9 Å². The molecule has 1 fully saturated rings. The number of aromatic nitrogens is 1. The molecule has 1 atom stereocenters. The smallest absolute Gasteiger partial charge is 0.340 e. The van der Waals surface area contributed by atoms with Crippen molar-refractivity contribution in [2.24, 2.45) is 0 Å². The standard InChI is InChI=1S/C20H21BrN2O4/c1-12(16-10-15(21)8-13-4-7-26-18(13)16)27-20(25)14-9-17(22-11-14)19(24)23-5-2-3-6-23/h8-12,22H,2-7H2,1H3/t12-/m0/s1. The van der Waals surface area contributed by atoms with Crippen LogP contribution < -0.4 is 4.74 Å². The van der Waals surface area contributed by atoms with Gasteiger partial charge in [-0.05, 0) is 43.5 Å². The molecule has 142 valence electrons. The first-order valence-electron chi connectivity index (χ1n) is 9.16. The van der Waals surface area contributed by atoms with Gasteiger partial charge in [0.15, 0.2) is 0 Å². The molecule has 0 aliphatic carbocycles. The Labute approximate surface area is 166 Å². The van der Waals surface area contributed by atoms with Crippen LogP contribution in [0.1, 0.15) is 57.8 Å². The van der Waals surface area contributed by atoms with Crippen LogP contribution in [0.4, 0.5) is 0 Å². The molecular weight excluding hydrogens is 412 g/mol. The molecule has 1 aromatic heterocycles. The van der Waals surface area contributed by atoms with E-state index in [9.17, 15) is 9.59 Å². The number of ether oxygens (including phenoxy) is 2. The van der Waals surface area contributed by atoms with Crippen molar-refractivity contribution in [1.82, 2.24) is 9.88 Å². The van der Waals surface area contributed by atoms with Crippen molar-refractivity contribution < 1.29 is 19.1 Å². The second-order valence-electron chi connectivity index (χ2n) is 6.93. The van der Waals surface area contributed by atoms with Crippen molar-refractivity contribution in [3.8, 4) is 5.75 Å². The van der Waals surface area contributed by atoms with E-state index in [1.165, 1.54) is 6.20 Å². The molecule has 1 N–H and O–H groups in total. The number of aromatic amines is 1. The Hall–Kier alpha value is -2.28. The van der Waals surface area contributed by atoms with Gasteiger partial charge in [-0.1, -0.05) is 15.9 Å². The third-order valence-electron chi connectivity index (χ3n) is 5.04. The predicted molar refractivity (Wildman–Crippen MR) is 103 cm³/mol. The fourth-order valence-corrected chi connectivity index (χ4v) is 4.14. The molecule has 0 spiro atoms. The lowest BCUT2D eigenvalue weighted by Gasteiger charge is -2.16. The maximum absolute atomic E-state index is 12.6. The van der Waals surface area contributed by atoms with Crippen molar-refractivity contribution in [2.45, 2.75) is 32.3 Å². The van der Waals surface area contributed by atoms with E-state index in [1.807, 2.05) is 19.1 Å². The summed E-state index contributed by atoms with van der Waals surface area (Å²) in [6.45, 7) is 4.00. The number of benzene rings is 1. The predicted octanol–water partition coefficient (Wildman–Crippen LogP) is 3.87. The second-order valence-corrected chi connectivity index (χ2v) is 7.85. The van der Waals surface area contributed by atoms with Crippen LogP contribution in [-0.4, -0.2) is 41.5 Å². The molecular formula is C20H21BrN2O4. The van der Waals surface area contributed by atoms with Gasteiger partial charge in [-0.3, -0.25) is 4.79 Å². The number of carbonyl (C=O) groups is 2. The zero-order chi connectivity index (χ0) is 19.0. The molecule has 1 amide bonds. The normalized spacial score (nSPS) is 16.7. The molecule has 27 heavy (non-hydrogen) atoms. The molecule has 0 saturated carbocycles. The van der Waals surface area contributed by atoms with E-state index >= 15 is 0 Å². The minimum absolute atomic E-state index is 0.0715. The summed E-state index contributed by atoms with van der Waals surface area (Å²) in [5, 5.41) is 0. The molecule has 2 aromatic rings. The van der Waals surface area contributed by atoms with E-state index in [4.69, 9.17) is 9.47 Å². The first-order valence-corrected chi connectivity index (χ1v) is 9.96. The van der Waals surface area contributed by atoms with Crippen LogP contribution in [0.25, 0.3) is 0 Å². The number of amides is 1. The van der Waals surface area contributed by atoms with Gasteiger partial charge in [-0.25, -0.2) is 4.79 Å². The minimum atomic E-state index is -0.467. The van der Waals surface area contributed by atoms with Crippen LogP contribution in [0.2, 0.25) is 0 Å². The van der Waals surface area contributed by atoms with E-state index in [1.54, 1.807) is 11.0 Å². The summed E-state index contributed by atoms with van der Waals surface area (Å²) in [6.07, 6.45) is 3.97. The van der Waals surface area contributed by atoms with Crippen LogP contribution in [-0.2, 0) is 11.2 Å². The molecule has 0 unspecified atom stereocenters. The third kappa shape index (κ3) is 3.60. The number of H-pyrrole nitrogens is 1. The van der Waals surface area contributed by atoms with Crippen molar-refractivity contribution in [2.75, 3.05) is 19.7 Å². The summed E-state index contributed by atoms with van der Waals surface area (Å²) in [5.74, 6) is 0.265. The van der Waals surface area contributed by atoms with Gasteiger partial charge >= 0.3 is 5.97 Å². The summed E-state index contributed by atoms with van der Waals surface area (Å²) in [5.41, 5.74) is 2.72. The van der Waals surface area contributed by atoms with E-state index < -0.39 is 12.1 Å². The van der Waals surface area contributed by atoms with E-state index in [0.29, 0.717) is 17.9 Å². The first-order chi connectivity index (χ1) is 13.0. The van der Waals surface area contributed by atoms with Gasteiger partial charge in [0, 0.05) is 35.7 Å². The number of likely N-dealkylation sites (tertiary alicyclic amines) is 1. The van der Waals surface area contributed by atoms with Crippen LogP contribution in [0.3, 0.4) is 0 Å². The highest BCUT2D eigenvalue weighted by molar-refractivity contribution is 9.10. The number of hydrogen-bond acceptors (Lipinski definition) is 4. The minimum Gasteiger partial charge on any atom is -0.493 e. The first kappa shape index (κ1) is 18.1. The monoisotopic (exact) mass is 432 g/mol. The average molecular weight is 433 g/mol. The Morgan fingerprint density at radius 1 is 1.26 bits per heavy atom. The fourth-order valence-electron chi connectivity index (χ4n) is 3.62. The summed E-state index contributed by atoms with van der Waals surface area (Å²) in [6, 6.07) is 5.52. The summed E-state index contributed by atoms with van der Waals surface area (Å²) >= 11 is 3.50. The molecule has 6 nitrogen and oxygen atoms in total. The molecule has 0 radical (unpaired) electrons. The Balaban J connectivity index is 1.47. The van der Waals surface area contributed by atoms with Gasteiger partial charge in [0.2, 0.25) is 0 Å². The van der Waals surface area contributed by atoms with Crippen LogP contribution in [0, 0.1) is 0 Å². The van der Waals surface area contributed by atoms with Gasteiger partial charge in [0.1, 0.15) is 17.5 Å². The second kappa shape index (κ2) is 7.38. The molecule has 2 aliphatic rings. The Bertz CT molecular complexity index is 886. The zero-order valence-electron chi connectivity index (χ0n) is 15.1. The molecule has 2 aliphatic heterocycles. The van der Waals surface area contributed by atoms with Gasteiger partial charge in [-0.15, -0.1) is 0 Å². The fraction of sp³-hybridized carbons (Fsp3) is 0.400. The number of fused-ring (bicyclic) bond motifs is 1. The average Bonchev–Trinajstić information content (AvgIpc) is 3.40. The SMILES string of the molecule is C[C@H](OC(=O)c1c[nH]c(C(=O)N2CCCC2)c1)c1cc(Br)cc2c1OCC2. The molecule has 4 rings (SSSR count). The number of rotatable bonds is 4. The lowest BCUT2D eigenvalue weighted by Crippen LogP contribution is -2.27. The molecule has 0 bridgehead atoms. The Kier molecular flexibility index (Phi) is 4.95. The third-order valence-corrected chi connectivity index (χ3v) is 5.50. The van der Waals surface area contributed by atoms with Crippen molar-refractivity contribution in [3.05, 3.63) is 51.3 Å². The van der Waals surface area contributed by atoms with Gasteiger partial charge < -0.3 is 19.4 Å². The number of carbonyl (C=O) groups excluding carboxylic acids is 2. The van der Waals surface area contributed by atoms with Crippen molar-refractivity contribution >= 4 is 27.8 Å². The molecule has 7 heteroatoms. The summed E-state index contributed by atoms with van der Waals surface area (Å²) < 4.78 is 12.3. The van der Waals surface area contributed by atoms with Crippen LogP contribution in [0.5, 0.6) is 5.75 Å². The number of hydrogen-bond donors (Lipinski definition) is 1. The largest absolute Gasteiger partial charge is 0.493 e. The highest BCUT2D eigenvalue weighted by Gasteiger charge is 2.25. The summed E-state index contributed by atoms with van der Waals surface area (Å²) in [4.78, 5) is 29.7. The number of nitrogens with one attached hydrogen (secondary N) is 1. The van der Waals surface area contributed by atoms with Gasteiger partial charge in [-0.2, -0.15) is 0 Å². The lowest BCUT2D eigenvalue weighted by atomic mass is 10.0. The van der Waals surface area contributed by atoms with Gasteiger partial charge in [0.25, 0.3) is 5.91 Å². The zero-order valence-corrected chi connectivity index (χ0v) is 16.7. The highest BCUT2D eigenvalue weighted by Crippen LogP contribution is 2.37. The topological polar surface area (TPSA) is 71.6 Å². The maximum Gasteiger partial charge on any atom is 0.340 e. The Morgan fingerprint density at radius 2 is 2.04 bits per heavy atom. The molecule has 1 saturated heterocycles. The number of esters is 1. The van der Waals surface area contributed by atoms with Crippen LogP contribution >= 0.6 is 15.9 Å². The summed E-state index contributed by atoms with van der Waals surface area (Å²) in [7, 11) is 0. The number of nitrogens with zero attached hydrogens (tertiary/aromatic N) is 1. The van der Waals surface area contributed by atoms with E-state index in [-0.39, 0.29) is 5.91 Å². The van der Waals surface area contributed by atoms with Crippen molar-refractivity contribution in [3.63, 3.8) is 0 Å². The quantitative estimate of drug-likeness (QED) is 0.744. The molecule has 3 heterocycles. The highest BCUT2D eigenvalue weighted by atomic mass is 79.9. The Morgan fingerprint density at radius 3 is 2.81 bits per heavy atom.